The van der Waals surface area contributed by atoms with E-state index in [9.17, 15) is 9.59 Å². The normalized spacial score (nSPS) is 15.4. The largest absolute Gasteiger partial charge is 0.444 e. The van der Waals surface area contributed by atoms with Crippen LogP contribution >= 0.6 is 0 Å². The molecule has 0 atom stereocenters. The number of hydrogen-bond donors (Lipinski definition) is 2. The molecule has 29 heavy (non-hydrogen) atoms. The lowest BCUT2D eigenvalue weighted by Crippen LogP contribution is -2.33. The van der Waals surface area contributed by atoms with Crippen molar-refractivity contribution in [1.82, 2.24) is 15.5 Å². The van der Waals surface area contributed by atoms with Crippen LogP contribution < -0.4 is 10.6 Å². The third kappa shape index (κ3) is 10.3. The van der Waals surface area contributed by atoms with Crippen LogP contribution in [0, 0.1) is 0 Å². The maximum atomic E-state index is 12.0. The summed E-state index contributed by atoms with van der Waals surface area (Å²) >= 11 is 0. The summed E-state index contributed by atoms with van der Waals surface area (Å²) in [6.45, 7) is 9.82. The fourth-order valence-corrected chi connectivity index (χ4v) is 3.36. The Morgan fingerprint density at radius 3 is 2.21 bits per heavy atom. The zero-order chi connectivity index (χ0) is 21.1. The van der Waals surface area contributed by atoms with E-state index in [0.717, 1.165) is 12.1 Å². The molecule has 1 aromatic carbocycles. The number of carbonyl (C=O) groups is 2. The van der Waals surface area contributed by atoms with Gasteiger partial charge in [0.1, 0.15) is 5.60 Å². The van der Waals surface area contributed by atoms with Crippen molar-refractivity contribution >= 4 is 12.0 Å². The van der Waals surface area contributed by atoms with Crippen molar-refractivity contribution in [2.45, 2.75) is 78.0 Å². The maximum absolute atomic E-state index is 12.0. The number of hydrogen-bond acceptors (Lipinski definition) is 4. The molecule has 162 valence electrons. The Hall–Kier alpha value is -2.08. The first kappa shape index (κ1) is 23.2. The molecule has 6 nitrogen and oxygen atoms in total. The predicted molar refractivity (Wildman–Crippen MR) is 116 cm³/mol. The SMILES string of the molecule is CC(C)(C)OC(=O)NCCCC(=O)NCc1ccc(CN2CCCCCC2)cc1. The van der Waals surface area contributed by atoms with Crippen LogP contribution in [0.1, 0.15) is 70.4 Å². The van der Waals surface area contributed by atoms with Crippen LogP contribution in [0.25, 0.3) is 0 Å². The third-order valence-electron chi connectivity index (χ3n) is 4.87. The summed E-state index contributed by atoms with van der Waals surface area (Å²) in [5, 5.41) is 5.61. The van der Waals surface area contributed by atoms with Gasteiger partial charge in [-0.2, -0.15) is 0 Å². The van der Waals surface area contributed by atoms with Crippen molar-refractivity contribution in [3.63, 3.8) is 0 Å². The zero-order valence-corrected chi connectivity index (χ0v) is 18.3. The van der Waals surface area contributed by atoms with Crippen molar-refractivity contribution in [2.75, 3.05) is 19.6 Å². The van der Waals surface area contributed by atoms with Gasteiger partial charge in [0.05, 0.1) is 0 Å². The highest BCUT2D eigenvalue weighted by atomic mass is 16.6. The number of alkyl carbamates (subject to hydrolysis) is 1. The first-order valence-corrected chi connectivity index (χ1v) is 10.9. The molecule has 1 fully saturated rings. The highest BCUT2D eigenvalue weighted by Gasteiger charge is 2.15. The molecular weight excluding hydrogens is 366 g/mol. The quantitative estimate of drug-likeness (QED) is 0.644. The molecule has 1 saturated heterocycles. The predicted octanol–water partition coefficient (Wildman–Crippen LogP) is 3.98. The molecule has 2 N–H and O–H groups in total. The summed E-state index contributed by atoms with van der Waals surface area (Å²) in [6, 6.07) is 8.52. The van der Waals surface area contributed by atoms with Crippen molar-refractivity contribution in [3.8, 4) is 0 Å². The van der Waals surface area contributed by atoms with E-state index in [0.29, 0.717) is 25.9 Å². The molecule has 0 unspecified atom stereocenters. The number of rotatable bonds is 8. The van der Waals surface area contributed by atoms with Crippen LogP contribution in [-0.4, -0.2) is 42.1 Å². The van der Waals surface area contributed by atoms with Gasteiger partial charge in [0.25, 0.3) is 0 Å². The lowest BCUT2D eigenvalue weighted by molar-refractivity contribution is -0.121. The molecule has 1 heterocycles. The summed E-state index contributed by atoms with van der Waals surface area (Å²) in [5.74, 6) is -0.00960. The summed E-state index contributed by atoms with van der Waals surface area (Å²) in [7, 11) is 0. The van der Waals surface area contributed by atoms with Gasteiger partial charge in [0.2, 0.25) is 5.91 Å². The smallest absolute Gasteiger partial charge is 0.407 e. The molecular formula is C23H37N3O3. The van der Waals surface area contributed by atoms with E-state index >= 15 is 0 Å². The molecule has 0 saturated carbocycles. The zero-order valence-electron chi connectivity index (χ0n) is 18.3. The van der Waals surface area contributed by atoms with Gasteiger partial charge in [-0.3, -0.25) is 9.69 Å². The third-order valence-corrected chi connectivity index (χ3v) is 4.87. The lowest BCUT2D eigenvalue weighted by atomic mass is 10.1. The van der Waals surface area contributed by atoms with Gasteiger partial charge < -0.3 is 15.4 Å². The van der Waals surface area contributed by atoms with Crippen molar-refractivity contribution in [2.24, 2.45) is 0 Å². The first-order valence-electron chi connectivity index (χ1n) is 10.9. The standard InChI is InChI=1S/C23H37N3O3/c1-23(2,3)29-22(28)24-14-8-9-21(27)25-17-19-10-12-20(13-11-19)18-26-15-6-4-5-7-16-26/h10-13H,4-9,14-18H2,1-3H3,(H,24,28)(H,25,27). The first-order chi connectivity index (χ1) is 13.8. The van der Waals surface area contributed by atoms with Crippen LogP contribution in [-0.2, 0) is 22.6 Å². The Morgan fingerprint density at radius 1 is 0.966 bits per heavy atom. The Bertz CT molecular complexity index is 630. The number of carbonyl (C=O) groups excluding carboxylic acids is 2. The molecule has 0 spiro atoms. The maximum Gasteiger partial charge on any atom is 0.407 e. The Kier molecular flexibility index (Phi) is 9.45. The van der Waals surface area contributed by atoms with E-state index in [-0.39, 0.29) is 5.91 Å². The fraction of sp³-hybridized carbons (Fsp3) is 0.652. The number of nitrogens with one attached hydrogen (secondary N) is 2. The van der Waals surface area contributed by atoms with Gasteiger partial charge >= 0.3 is 6.09 Å². The summed E-state index contributed by atoms with van der Waals surface area (Å²) in [6.07, 6.45) is 5.83. The van der Waals surface area contributed by atoms with Gasteiger partial charge in [0, 0.05) is 26.1 Å². The summed E-state index contributed by atoms with van der Waals surface area (Å²) in [4.78, 5) is 26.1. The average molecular weight is 404 g/mol. The molecule has 2 rings (SSSR count). The average Bonchev–Trinajstić information content (AvgIpc) is 2.92. The van der Waals surface area contributed by atoms with Gasteiger partial charge in [-0.15, -0.1) is 0 Å². The highest BCUT2D eigenvalue weighted by Crippen LogP contribution is 2.14. The molecule has 0 aliphatic carbocycles. The highest BCUT2D eigenvalue weighted by molar-refractivity contribution is 5.76. The van der Waals surface area contributed by atoms with Crippen molar-refractivity contribution in [1.29, 1.82) is 0 Å². The molecule has 1 aromatic rings. The van der Waals surface area contributed by atoms with Gasteiger partial charge in [0.15, 0.2) is 0 Å². The Labute approximate surface area is 175 Å². The second-order valence-electron chi connectivity index (χ2n) is 8.82. The van der Waals surface area contributed by atoms with Crippen LogP contribution in [0.4, 0.5) is 4.79 Å². The van der Waals surface area contributed by atoms with E-state index in [1.54, 1.807) is 0 Å². The van der Waals surface area contributed by atoms with E-state index in [1.165, 1.54) is 44.3 Å². The molecule has 0 bridgehead atoms. The number of likely N-dealkylation sites (tertiary alicyclic amines) is 1. The number of benzene rings is 1. The van der Waals surface area contributed by atoms with E-state index in [2.05, 4.69) is 39.8 Å². The van der Waals surface area contributed by atoms with Gasteiger partial charge in [-0.1, -0.05) is 37.1 Å². The van der Waals surface area contributed by atoms with Crippen LogP contribution in [0.3, 0.4) is 0 Å². The van der Waals surface area contributed by atoms with E-state index < -0.39 is 11.7 Å². The van der Waals surface area contributed by atoms with Crippen molar-refractivity contribution in [3.05, 3.63) is 35.4 Å². The number of amides is 2. The van der Waals surface area contributed by atoms with E-state index in [1.807, 2.05) is 20.8 Å². The fourth-order valence-electron chi connectivity index (χ4n) is 3.36. The van der Waals surface area contributed by atoms with Gasteiger partial charge in [-0.05, 0) is 64.3 Å². The molecule has 1 aliphatic rings. The molecule has 1 aliphatic heterocycles. The number of ether oxygens (including phenoxy) is 1. The Morgan fingerprint density at radius 2 is 1.59 bits per heavy atom. The molecule has 6 heteroatoms. The summed E-state index contributed by atoms with van der Waals surface area (Å²) < 4.78 is 5.16. The Balaban J connectivity index is 1.61. The van der Waals surface area contributed by atoms with Crippen molar-refractivity contribution < 1.29 is 14.3 Å². The molecule has 0 aromatic heterocycles. The van der Waals surface area contributed by atoms with Gasteiger partial charge in [-0.25, -0.2) is 4.79 Å². The van der Waals surface area contributed by atoms with Crippen LogP contribution in [0.15, 0.2) is 24.3 Å². The minimum atomic E-state index is -0.510. The van der Waals surface area contributed by atoms with Crippen LogP contribution in [0.2, 0.25) is 0 Å². The second kappa shape index (κ2) is 11.8. The number of nitrogens with zero attached hydrogens (tertiary/aromatic N) is 1. The van der Waals surface area contributed by atoms with E-state index in [4.69, 9.17) is 4.74 Å². The molecule has 0 radical (unpaired) electrons. The van der Waals surface area contributed by atoms with Crippen LogP contribution in [0.5, 0.6) is 0 Å². The molecule has 2 amide bonds. The summed E-state index contributed by atoms with van der Waals surface area (Å²) in [5.41, 5.74) is 1.92. The monoisotopic (exact) mass is 403 g/mol. The minimum Gasteiger partial charge on any atom is -0.444 e. The second-order valence-corrected chi connectivity index (χ2v) is 8.82. The lowest BCUT2D eigenvalue weighted by Gasteiger charge is -2.20. The minimum absolute atomic E-state index is 0.00960. The topological polar surface area (TPSA) is 70.7 Å².